The molecule has 0 N–H and O–H groups in total. The summed E-state index contributed by atoms with van der Waals surface area (Å²) in [6, 6.07) is 69.5. The van der Waals surface area contributed by atoms with Crippen LogP contribution in [0.3, 0.4) is 0 Å². The van der Waals surface area contributed by atoms with E-state index in [2.05, 4.69) is 95.9 Å². The Bertz CT molecular complexity index is 4420. The molecular weight excluding hydrogens is 927 g/mol. The maximum absolute atomic E-state index is 17.5. The molecule has 2 aliphatic carbocycles. The van der Waals surface area contributed by atoms with Crippen molar-refractivity contribution in [1.82, 2.24) is 0 Å². The molecule has 74 heavy (non-hydrogen) atoms. The van der Waals surface area contributed by atoms with Crippen LogP contribution in [-0.4, -0.2) is 0 Å². The smallest absolute Gasteiger partial charge is 0.143 e. The van der Waals surface area contributed by atoms with Gasteiger partial charge in [0.05, 0.1) is 5.41 Å². The number of hydrogen-bond donors (Lipinski definition) is 0. The van der Waals surface area contributed by atoms with Gasteiger partial charge in [-0.15, -0.1) is 0 Å². The van der Waals surface area contributed by atoms with Gasteiger partial charge in [-0.1, -0.05) is 121 Å². The van der Waals surface area contributed by atoms with Gasteiger partial charge in [-0.25, -0.2) is 17.6 Å². The SMILES string of the molecule is Fc1ccc2c(c1)C1(c3cc(F)ccc3-2)c2cc(F)ccc2-c2ccc(F)c(-c3cccc(N(c4ccc(-c5ccc6c(c5)oc5ccccc56)cc4)c4ccc(-c5cccc6c5oc5ccccc56)cc4)c3)c21. The molecule has 1 spiro atoms. The molecule has 3 nitrogen and oxygen atoms in total. The summed E-state index contributed by atoms with van der Waals surface area (Å²) in [7, 11) is 0. The van der Waals surface area contributed by atoms with E-state index in [1.54, 1.807) is 24.3 Å². The van der Waals surface area contributed by atoms with E-state index in [1.807, 2.05) is 66.7 Å². The zero-order chi connectivity index (χ0) is 49.4. The molecule has 0 atom stereocenters. The van der Waals surface area contributed by atoms with Gasteiger partial charge in [-0.05, 0) is 170 Å². The molecule has 0 radical (unpaired) electrons. The van der Waals surface area contributed by atoms with Gasteiger partial charge >= 0.3 is 0 Å². The van der Waals surface area contributed by atoms with Gasteiger partial charge in [-0.2, -0.15) is 0 Å². The fourth-order valence-corrected chi connectivity index (χ4v) is 12.2. The Morgan fingerprint density at radius 1 is 0.324 bits per heavy atom. The third-order valence-electron chi connectivity index (χ3n) is 15.3. The van der Waals surface area contributed by atoms with Crippen LogP contribution in [0.4, 0.5) is 34.6 Å². The molecule has 15 rings (SSSR count). The summed E-state index contributed by atoms with van der Waals surface area (Å²) >= 11 is 0. The van der Waals surface area contributed by atoms with Crippen molar-refractivity contribution < 1.29 is 26.4 Å². The average molecular weight is 964 g/mol. The second kappa shape index (κ2) is 15.8. The first-order chi connectivity index (χ1) is 36.3. The number of anilines is 3. The Hall–Kier alpha value is -9.46. The third kappa shape index (κ3) is 6.07. The standard InChI is InChI=1S/C67H37F4NO2/c68-42-20-28-49-50-29-21-43(69)36-58(50)67(57(49)35-42)59-37-44(70)22-30-51(59)55-31-32-60(71)64(65(55)67)41-7-5-8-47(33-41)72(45-23-15-38(16-24-45)40-19-27-54-52-9-1-3-13-61(52)73-63(54)34-40)46-25-17-39(18-26-46)48-11-6-12-56-53-10-2-4-14-62(53)74-66(48)56/h1-37H. The van der Waals surface area contributed by atoms with E-state index in [1.165, 1.54) is 42.5 Å². The van der Waals surface area contributed by atoms with Gasteiger partial charge in [0.15, 0.2) is 0 Å². The molecular formula is C67H37F4NO2. The maximum atomic E-state index is 17.5. The predicted molar refractivity (Wildman–Crippen MR) is 288 cm³/mol. The highest BCUT2D eigenvalue weighted by Gasteiger charge is 2.54. The number of para-hydroxylation sites is 3. The van der Waals surface area contributed by atoms with E-state index in [0.29, 0.717) is 50.1 Å². The van der Waals surface area contributed by atoms with E-state index < -0.39 is 28.7 Å². The van der Waals surface area contributed by atoms with E-state index in [4.69, 9.17) is 8.83 Å². The van der Waals surface area contributed by atoms with Crippen molar-refractivity contribution in [1.29, 1.82) is 0 Å². The lowest BCUT2D eigenvalue weighted by Gasteiger charge is -2.32. The average Bonchev–Trinajstić information content (AvgIpc) is 4.33. The topological polar surface area (TPSA) is 29.5 Å². The van der Waals surface area contributed by atoms with Gasteiger partial charge in [0.25, 0.3) is 0 Å². The molecule has 2 aromatic heterocycles. The minimum Gasteiger partial charge on any atom is -0.456 e. The van der Waals surface area contributed by atoms with Crippen molar-refractivity contribution in [3.8, 4) is 55.6 Å². The summed E-state index contributed by atoms with van der Waals surface area (Å²) in [5, 5.41) is 4.21. The summed E-state index contributed by atoms with van der Waals surface area (Å²) in [4.78, 5) is 2.13. The van der Waals surface area contributed by atoms with Crippen LogP contribution in [0.15, 0.2) is 233 Å². The Kier molecular flexibility index (Phi) is 9.00. The van der Waals surface area contributed by atoms with Crippen molar-refractivity contribution in [2.45, 2.75) is 5.41 Å². The Balaban J connectivity index is 0.909. The van der Waals surface area contributed by atoms with Crippen molar-refractivity contribution in [3.63, 3.8) is 0 Å². The fourth-order valence-electron chi connectivity index (χ4n) is 12.2. The highest BCUT2D eigenvalue weighted by molar-refractivity contribution is 6.10. The van der Waals surface area contributed by atoms with Crippen molar-refractivity contribution in [2.24, 2.45) is 0 Å². The quantitative estimate of drug-likeness (QED) is 0.156. The maximum Gasteiger partial charge on any atom is 0.143 e. The van der Waals surface area contributed by atoms with Gasteiger partial charge in [0.1, 0.15) is 45.6 Å². The van der Waals surface area contributed by atoms with Crippen LogP contribution >= 0.6 is 0 Å². The van der Waals surface area contributed by atoms with Crippen LogP contribution in [0.25, 0.3) is 99.5 Å². The molecule has 350 valence electrons. The fraction of sp³-hybridized carbons (Fsp3) is 0.0149. The predicted octanol–water partition coefficient (Wildman–Crippen LogP) is 18.9. The van der Waals surface area contributed by atoms with Gasteiger partial charge in [0.2, 0.25) is 0 Å². The van der Waals surface area contributed by atoms with Crippen molar-refractivity contribution in [2.75, 3.05) is 4.90 Å². The van der Waals surface area contributed by atoms with Crippen molar-refractivity contribution in [3.05, 3.63) is 270 Å². The molecule has 0 saturated carbocycles. The van der Waals surface area contributed by atoms with Crippen LogP contribution in [-0.2, 0) is 5.41 Å². The van der Waals surface area contributed by atoms with Crippen LogP contribution < -0.4 is 4.90 Å². The highest BCUT2D eigenvalue weighted by Crippen LogP contribution is 2.65. The minimum atomic E-state index is -1.46. The summed E-state index contributed by atoms with van der Waals surface area (Å²) < 4.78 is 77.3. The number of furan rings is 2. The molecule has 11 aromatic carbocycles. The first-order valence-corrected chi connectivity index (χ1v) is 24.5. The lowest BCUT2D eigenvalue weighted by Crippen LogP contribution is -2.27. The Labute approximate surface area is 421 Å². The van der Waals surface area contributed by atoms with Crippen LogP contribution in [0.1, 0.15) is 22.3 Å². The molecule has 2 heterocycles. The molecule has 0 fully saturated rings. The molecule has 0 unspecified atom stereocenters. The number of fused-ring (bicyclic) bond motifs is 16. The molecule has 0 saturated heterocycles. The number of rotatable bonds is 6. The Morgan fingerprint density at radius 2 is 0.851 bits per heavy atom. The zero-order valence-electron chi connectivity index (χ0n) is 39.1. The van der Waals surface area contributed by atoms with E-state index >= 15 is 17.6 Å². The van der Waals surface area contributed by atoms with Crippen molar-refractivity contribution >= 4 is 60.9 Å². The minimum absolute atomic E-state index is 0.249. The number of nitrogens with zero attached hydrogens (tertiary/aromatic N) is 1. The van der Waals surface area contributed by atoms with E-state index in [0.717, 1.165) is 83.2 Å². The summed E-state index contributed by atoms with van der Waals surface area (Å²) in [6.45, 7) is 0. The molecule has 0 bridgehead atoms. The number of benzene rings is 11. The summed E-state index contributed by atoms with van der Waals surface area (Å²) in [5.41, 5.74) is 13.5. The molecule has 0 amide bonds. The van der Waals surface area contributed by atoms with Crippen LogP contribution in [0.5, 0.6) is 0 Å². The Morgan fingerprint density at radius 3 is 1.51 bits per heavy atom. The van der Waals surface area contributed by atoms with Gasteiger partial charge in [-0.3, -0.25) is 0 Å². The third-order valence-corrected chi connectivity index (χ3v) is 15.3. The lowest BCUT2D eigenvalue weighted by molar-refractivity contribution is 0.610. The monoisotopic (exact) mass is 963 g/mol. The largest absolute Gasteiger partial charge is 0.456 e. The summed E-state index contributed by atoms with van der Waals surface area (Å²) in [6.07, 6.45) is 0. The molecule has 2 aliphatic rings. The molecule has 13 aromatic rings. The van der Waals surface area contributed by atoms with Gasteiger partial charge in [0, 0.05) is 49.7 Å². The molecule has 7 heteroatoms. The van der Waals surface area contributed by atoms with Crippen LogP contribution in [0.2, 0.25) is 0 Å². The first kappa shape index (κ1) is 42.2. The zero-order valence-corrected chi connectivity index (χ0v) is 39.1. The van der Waals surface area contributed by atoms with E-state index in [9.17, 15) is 0 Å². The van der Waals surface area contributed by atoms with E-state index in [-0.39, 0.29) is 5.56 Å². The van der Waals surface area contributed by atoms with Gasteiger partial charge < -0.3 is 13.7 Å². The summed E-state index contributed by atoms with van der Waals surface area (Å²) in [5.74, 6) is -2.07. The lowest BCUT2D eigenvalue weighted by atomic mass is 9.68. The number of hydrogen-bond acceptors (Lipinski definition) is 3. The molecule has 0 aliphatic heterocycles. The second-order valence-electron chi connectivity index (χ2n) is 19.2. The first-order valence-electron chi connectivity index (χ1n) is 24.5. The second-order valence-corrected chi connectivity index (χ2v) is 19.2. The normalized spacial score (nSPS) is 13.0. The number of halogens is 4. The van der Waals surface area contributed by atoms with Crippen LogP contribution in [0, 0.1) is 23.3 Å². The highest BCUT2D eigenvalue weighted by atomic mass is 19.1.